The highest BCUT2D eigenvalue weighted by Crippen LogP contribution is 2.13. The molecule has 1 aromatic carbocycles. The van der Waals surface area contributed by atoms with Gasteiger partial charge in [0, 0.05) is 18.0 Å². The highest BCUT2D eigenvalue weighted by atomic mass is 19.2. The third kappa shape index (κ3) is 2.30. The number of nitrogens with one attached hydrogen (secondary N) is 1. The smallest absolute Gasteiger partial charge is 0.268 e. The van der Waals surface area contributed by atoms with Gasteiger partial charge >= 0.3 is 0 Å². The molecule has 1 amide bonds. The maximum Gasteiger partial charge on any atom is 0.270 e. The number of benzene rings is 1. The van der Waals surface area contributed by atoms with E-state index in [0.717, 1.165) is 0 Å². The number of hydrogen-bond donors (Lipinski definition) is 1. The van der Waals surface area contributed by atoms with Gasteiger partial charge in [-0.3, -0.25) is 14.9 Å². The van der Waals surface area contributed by atoms with E-state index in [1.165, 1.54) is 17.1 Å². The lowest BCUT2D eigenvalue weighted by molar-refractivity contribution is 0.101. The van der Waals surface area contributed by atoms with Gasteiger partial charge in [0.05, 0.1) is 0 Å². The molecule has 0 saturated heterocycles. The van der Waals surface area contributed by atoms with E-state index in [-0.39, 0.29) is 5.56 Å². The molecular formula is C11H7F3N2O. The lowest BCUT2D eigenvalue weighted by Gasteiger charge is -2.06. The standard InChI is InChI=1S/C11H7F3N2O/c12-8-5-7(6-9(13)10(8)14)11(17)15-16-3-1-2-4-16/h1-6H,(H,15,17). The number of carbonyl (C=O) groups excluding carboxylic acids is 1. The zero-order chi connectivity index (χ0) is 12.4. The SMILES string of the molecule is O=C(Nn1cccc1)c1cc(F)c(F)c(F)c1. The van der Waals surface area contributed by atoms with Crippen molar-refractivity contribution in [3.8, 4) is 0 Å². The largest absolute Gasteiger partial charge is 0.270 e. The highest BCUT2D eigenvalue weighted by molar-refractivity contribution is 5.99. The predicted molar refractivity (Wildman–Crippen MR) is 54.4 cm³/mol. The number of hydrogen-bond acceptors (Lipinski definition) is 1. The molecule has 0 unspecified atom stereocenters. The Bertz CT molecular complexity index is 529. The van der Waals surface area contributed by atoms with Crippen LogP contribution in [0.2, 0.25) is 0 Å². The molecule has 6 heteroatoms. The van der Waals surface area contributed by atoms with Crippen LogP contribution in [0.3, 0.4) is 0 Å². The maximum absolute atomic E-state index is 12.9. The average Bonchev–Trinajstić information content (AvgIpc) is 2.77. The average molecular weight is 240 g/mol. The van der Waals surface area contributed by atoms with Crippen LogP contribution in [-0.4, -0.2) is 10.6 Å². The van der Waals surface area contributed by atoms with Gasteiger partial charge in [0.1, 0.15) is 0 Å². The zero-order valence-corrected chi connectivity index (χ0v) is 8.45. The molecule has 1 aromatic heterocycles. The van der Waals surface area contributed by atoms with Gasteiger partial charge in [-0.2, -0.15) is 0 Å². The molecule has 0 aliphatic carbocycles. The molecule has 0 aliphatic rings. The summed E-state index contributed by atoms with van der Waals surface area (Å²) in [4.78, 5) is 11.5. The first kappa shape index (κ1) is 11.3. The molecule has 0 saturated carbocycles. The number of halogens is 3. The number of aromatic nitrogens is 1. The molecule has 1 N–H and O–H groups in total. The first-order valence-electron chi connectivity index (χ1n) is 4.67. The monoisotopic (exact) mass is 240 g/mol. The summed E-state index contributed by atoms with van der Waals surface area (Å²) in [5.41, 5.74) is 2.04. The van der Waals surface area contributed by atoms with Crippen molar-refractivity contribution < 1.29 is 18.0 Å². The molecule has 0 radical (unpaired) electrons. The van der Waals surface area contributed by atoms with Crippen molar-refractivity contribution in [1.82, 2.24) is 4.68 Å². The molecule has 3 nitrogen and oxygen atoms in total. The molecule has 2 aromatic rings. The zero-order valence-electron chi connectivity index (χ0n) is 8.45. The van der Waals surface area contributed by atoms with Crippen LogP contribution in [0.5, 0.6) is 0 Å². The fourth-order valence-corrected chi connectivity index (χ4v) is 1.28. The Morgan fingerprint density at radius 1 is 1.06 bits per heavy atom. The molecule has 0 spiro atoms. The van der Waals surface area contributed by atoms with Crippen molar-refractivity contribution >= 4 is 5.91 Å². The van der Waals surface area contributed by atoms with Gasteiger partial charge in [-0.15, -0.1) is 0 Å². The second kappa shape index (κ2) is 4.32. The summed E-state index contributed by atoms with van der Waals surface area (Å²) in [5.74, 6) is -5.13. The van der Waals surface area contributed by atoms with Gasteiger partial charge in [-0.25, -0.2) is 13.2 Å². The Kier molecular flexibility index (Phi) is 2.86. The molecule has 1 heterocycles. The third-order valence-corrected chi connectivity index (χ3v) is 2.08. The van der Waals surface area contributed by atoms with E-state index in [2.05, 4.69) is 5.43 Å². The Morgan fingerprint density at radius 3 is 2.12 bits per heavy atom. The van der Waals surface area contributed by atoms with Gasteiger partial charge in [-0.1, -0.05) is 0 Å². The quantitative estimate of drug-likeness (QED) is 0.803. The molecule has 2 rings (SSSR count). The normalized spacial score (nSPS) is 10.3. The van der Waals surface area contributed by atoms with Crippen LogP contribution in [0.4, 0.5) is 13.2 Å². The number of rotatable bonds is 2. The van der Waals surface area contributed by atoms with E-state index < -0.39 is 23.4 Å². The molecule has 0 bridgehead atoms. The molecule has 88 valence electrons. The Morgan fingerprint density at radius 2 is 1.59 bits per heavy atom. The van der Waals surface area contributed by atoms with E-state index in [0.29, 0.717) is 12.1 Å². The molecule has 17 heavy (non-hydrogen) atoms. The Labute approximate surface area is 94.5 Å². The number of amides is 1. The van der Waals surface area contributed by atoms with Crippen LogP contribution in [0.1, 0.15) is 10.4 Å². The number of carbonyl (C=O) groups is 1. The fourth-order valence-electron chi connectivity index (χ4n) is 1.28. The minimum Gasteiger partial charge on any atom is -0.268 e. The summed E-state index contributed by atoms with van der Waals surface area (Å²) in [5, 5.41) is 0. The predicted octanol–water partition coefficient (Wildman–Crippen LogP) is 2.29. The topological polar surface area (TPSA) is 34.0 Å². The van der Waals surface area contributed by atoms with E-state index >= 15 is 0 Å². The van der Waals surface area contributed by atoms with Crippen molar-refractivity contribution in [3.63, 3.8) is 0 Å². The van der Waals surface area contributed by atoms with E-state index in [9.17, 15) is 18.0 Å². The van der Waals surface area contributed by atoms with Gasteiger partial charge < -0.3 is 0 Å². The lowest BCUT2D eigenvalue weighted by atomic mass is 10.2. The van der Waals surface area contributed by atoms with Gasteiger partial charge in [0.2, 0.25) is 0 Å². The van der Waals surface area contributed by atoms with Gasteiger partial charge in [0.15, 0.2) is 17.5 Å². The Hall–Kier alpha value is -2.24. The van der Waals surface area contributed by atoms with Crippen molar-refractivity contribution in [2.75, 3.05) is 5.43 Å². The highest BCUT2D eigenvalue weighted by Gasteiger charge is 2.14. The number of nitrogens with zero attached hydrogens (tertiary/aromatic N) is 1. The van der Waals surface area contributed by atoms with Crippen molar-refractivity contribution in [2.24, 2.45) is 0 Å². The summed E-state index contributed by atoms with van der Waals surface area (Å²) < 4.78 is 39.7. The van der Waals surface area contributed by atoms with Crippen molar-refractivity contribution in [3.05, 3.63) is 59.7 Å². The second-order valence-electron chi connectivity index (χ2n) is 3.29. The summed E-state index contributed by atoms with van der Waals surface area (Å²) in [6.07, 6.45) is 3.07. The van der Waals surface area contributed by atoms with E-state index in [1.54, 1.807) is 12.1 Å². The summed E-state index contributed by atoms with van der Waals surface area (Å²) in [6, 6.07) is 4.59. The lowest BCUT2D eigenvalue weighted by Crippen LogP contribution is -2.21. The van der Waals surface area contributed by atoms with Gasteiger partial charge in [0.25, 0.3) is 5.91 Å². The minimum atomic E-state index is -1.59. The van der Waals surface area contributed by atoms with Gasteiger partial charge in [-0.05, 0) is 24.3 Å². The maximum atomic E-state index is 12.9. The summed E-state index contributed by atoms with van der Waals surface area (Å²) in [7, 11) is 0. The second-order valence-corrected chi connectivity index (χ2v) is 3.29. The van der Waals surface area contributed by atoms with Crippen LogP contribution >= 0.6 is 0 Å². The molecule has 0 atom stereocenters. The summed E-state index contributed by atoms with van der Waals surface area (Å²) in [6.45, 7) is 0. The fraction of sp³-hybridized carbons (Fsp3) is 0. The van der Waals surface area contributed by atoms with Crippen LogP contribution < -0.4 is 5.43 Å². The molecule has 0 fully saturated rings. The first-order valence-corrected chi connectivity index (χ1v) is 4.67. The van der Waals surface area contributed by atoms with Crippen molar-refractivity contribution in [1.29, 1.82) is 0 Å². The van der Waals surface area contributed by atoms with E-state index in [1.807, 2.05) is 0 Å². The Balaban J connectivity index is 2.26. The van der Waals surface area contributed by atoms with Crippen molar-refractivity contribution in [2.45, 2.75) is 0 Å². The van der Waals surface area contributed by atoms with Crippen LogP contribution in [0.15, 0.2) is 36.7 Å². The minimum absolute atomic E-state index is 0.296. The third-order valence-electron chi connectivity index (χ3n) is 2.08. The van der Waals surface area contributed by atoms with E-state index in [4.69, 9.17) is 0 Å². The van der Waals surface area contributed by atoms with Crippen LogP contribution in [0.25, 0.3) is 0 Å². The van der Waals surface area contributed by atoms with Crippen LogP contribution in [-0.2, 0) is 0 Å². The summed E-state index contributed by atoms with van der Waals surface area (Å²) >= 11 is 0. The molecule has 0 aliphatic heterocycles. The molecular weight excluding hydrogens is 233 g/mol. The van der Waals surface area contributed by atoms with Crippen LogP contribution in [0, 0.1) is 17.5 Å². The first-order chi connectivity index (χ1) is 8.08.